The molecule has 2 atom stereocenters. The summed E-state index contributed by atoms with van der Waals surface area (Å²) in [6.07, 6.45) is 1.73. The molecule has 0 aromatic heterocycles. The third-order valence-corrected chi connectivity index (χ3v) is 3.51. The molecule has 20 heavy (non-hydrogen) atoms. The van der Waals surface area contributed by atoms with Gasteiger partial charge in [0.25, 0.3) is 0 Å². The van der Waals surface area contributed by atoms with Gasteiger partial charge in [-0.05, 0) is 24.1 Å². The van der Waals surface area contributed by atoms with Gasteiger partial charge in [-0.2, -0.15) is 0 Å². The normalized spacial score (nSPS) is 13.9. The average Bonchev–Trinajstić information content (AvgIpc) is 2.53. The van der Waals surface area contributed by atoms with Crippen molar-refractivity contribution in [2.24, 2.45) is 0 Å². The number of hydrogen-bond acceptors (Lipinski definition) is 2. The van der Waals surface area contributed by atoms with Crippen molar-refractivity contribution < 1.29 is 5.11 Å². The Morgan fingerprint density at radius 2 is 1.45 bits per heavy atom. The molecule has 2 rings (SSSR count). The zero-order chi connectivity index (χ0) is 14.2. The lowest BCUT2D eigenvalue weighted by Crippen LogP contribution is -2.28. The van der Waals surface area contributed by atoms with Gasteiger partial charge in [0.15, 0.2) is 0 Å². The van der Waals surface area contributed by atoms with E-state index in [4.69, 9.17) is 0 Å². The van der Waals surface area contributed by atoms with E-state index in [2.05, 4.69) is 24.4 Å². The van der Waals surface area contributed by atoms with Gasteiger partial charge in [0.05, 0.1) is 12.1 Å². The molecule has 0 amide bonds. The number of rotatable bonds is 7. The maximum Gasteiger partial charge on any atom is 0.0984 e. The zero-order valence-electron chi connectivity index (χ0n) is 12.0. The topological polar surface area (TPSA) is 32.3 Å². The summed E-state index contributed by atoms with van der Waals surface area (Å²) in [5.74, 6) is 0. The molecule has 0 bridgehead atoms. The van der Waals surface area contributed by atoms with Crippen LogP contribution in [0.4, 0.5) is 0 Å². The van der Waals surface area contributed by atoms with Crippen LogP contribution in [0.1, 0.15) is 43.0 Å². The molecule has 2 N–H and O–H groups in total. The van der Waals surface area contributed by atoms with Crippen molar-refractivity contribution in [3.8, 4) is 0 Å². The zero-order valence-corrected chi connectivity index (χ0v) is 12.0. The smallest absolute Gasteiger partial charge is 0.0984 e. The molecule has 106 valence electrons. The Balaban J connectivity index is 2.17. The van der Waals surface area contributed by atoms with E-state index in [0.717, 1.165) is 30.5 Å². The van der Waals surface area contributed by atoms with Crippen LogP contribution < -0.4 is 5.32 Å². The molecule has 0 heterocycles. The molecule has 0 fully saturated rings. The van der Waals surface area contributed by atoms with Crippen molar-refractivity contribution in [3.05, 3.63) is 71.8 Å². The summed E-state index contributed by atoms with van der Waals surface area (Å²) in [5.41, 5.74) is 2.07. The van der Waals surface area contributed by atoms with Crippen molar-refractivity contribution in [2.45, 2.75) is 31.9 Å². The van der Waals surface area contributed by atoms with Gasteiger partial charge in [-0.25, -0.2) is 0 Å². The standard InChI is InChI=1S/C18H23NO/c1-2-3-14-19-17(15-10-6-4-7-11-15)18(20)16-12-8-5-9-13-16/h4-13,17-20H,2-3,14H2,1H3/t17-,18+/m0/s1. The molecule has 0 aliphatic carbocycles. The summed E-state index contributed by atoms with van der Waals surface area (Å²) in [7, 11) is 0. The molecule has 0 unspecified atom stereocenters. The first-order valence-electron chi connectivity index (χ1n) is 7.34. The first-order valence-corrected chi connectivity index (χ1v) is 7.34. The Bertz CT molecular complexity index is 483. The van der Waals surface area contributed by atoms with Gasteiger partial charge in [0, 0.05) is 0 Å². The fourth-order valence-corrected chi connectivity index (χ4v) is 2.35. The number of aliphatic hydroxyl groups is 1. The molecule has 0 radical (unpaired) electrons. The first kappa shape index (κ1) is 14.8. The summed E-state index contributed by atoms with van der Waals surface area (Å²) in [5, 5.41) is 14.2. The number of nitrogens with one attached hydrogen (secondary N) is 1. The highest BCUT2D eigenvalue weighted by Gasteiger charge is 2.21. The SMILES string of the molecule is CCCCN[C@@H](c1ccccc1)[C@H](O)c1ccccc1. The molecule has 2 aromatic rings. The average molecular weight is 269 g/mol. The molecule has 2 nitrogen and oxygen atoms in total. The van der Waals surface area contributed by atoms with Crippen LogP contribution in [-0.4, -0.2) is 11.7 Å². The largest absolute Gasteiger partial charge is 0.386 e. The molecule has 0 aliphatic heterocycles. The predicted molar refractivity (Wildman–Crippen MR) is 83.5 cm³/mol. The molecular formula is C18H23NO. The van der Waals surface area contributed by atoms with Crippen molar-refractivity contribution in [1.82, 2.24) is 5.32 Å². The Hall–Kier alpha value is -1.64. The molecule has 0 saturated heterocycles. The van der Waals surface area contributed by atoms with Gasteiger partial charge in [-0.3, -0.25) is 0 Å². The number of unbranched alkanes of at least 4 members (excludes halogenated alkanes) is 1. The summed E-state index contributed by atoms with van der Waals surface area (Å²) < 4.78 is 0. The van der Waals surface area contributed by atoms with Crippen LogP contribution in [0.2, 0.25) is 0 Å². The molecule has 0 aliphatic rings. The minimum Gasteiger partial charge on any atom is -0.386 e. The van der Waals surface area contributed by atoms with E-state index >= 15 is 0 Å². The van der Waals surface area contributed by atoms with Crippen LogP contribution in [0.25, 0.3) is 0 Å². The van der Waals surface area contributed by atoms with Crippen LogP contribution in [0, 0.1) is 0 Å². The van der Waals surface area contributed by atoms with Crippen LogP contribution >= 0.6 is 0 Å². The molecule has 0 saturated carbocycles. The quantitative estimate of drug-likeness (QED) is 0.748. The Morgan fingerprint density at radius 1 is 0.900 bits per heavy atom. The Labute approximate surface area is 121 Å². The van der Waals surface area contributed by atoms with Crippen molar-refractivity contribution in [3.63, 3.8) is 0 Å². The third kappa shape index (κ3) is 3.92. The van der Waals surface area contributed by atoms with Crippen LogP contribution in [0.5, 0.6) is 0 Å². The van der Waals surface area contributed by atoms with Crippen LogP contribution in [0.15, 0.2) is 60.7 Å². The summed E-state index contributed by atoms with van der Waals surface area (Å²) in [6.45, 7) is 3.09. The monoisotopic (exact) mass is 269 g/mol. The second-order valence-corrected chi connectivity index (χ2v) is 5.05. The van der Waals surface area contributed by atoms with Crippen molar-refractivity contribution in [2.75, 3.05) is 6.54 Å². The fraction of sp³-hybridized carbons (Fsp3) is 0.333. The van der Waals surface area contributed by atoms with Crippen LogP contribution in [0.3, 0.4) is 0 Å². The highest BCUT2D eigenvalue weighted by Crippen LogP contribution is 2.28. The van der Waals surface area contributed by atoms with Gasteiger partial charge in [-0.15, -0.1) is 0 Å². The van der Waals surface area contributed by atoms with E-state index < -0.39 is 6.10 Å². The van der Waals surface area contributed by atoms with E-state index in [1.54, 1.807) is 0 Å². The highest BCUT2D eigenvalue weighted by atomic mass is 16.3. The van der Waals surface area contributed by atoms with Crippen molar-refractivity contribution in [1.29, 1.82) is 0 Å². The summed E-state index contributed by atoms with van der Waals surface area (Å²) in [4.78, 5) is 0. The maximum absolute atomic E-state index is 10.7. The minimum absolute atomic E-state index is 0.0647. The van der Waals surface area contributed by atoms with E-state index in [9.17, 15) is 5.11 Å². The lowest BCUT2D eigenvalue weighted by Gasteiger charge is -2.25. The van der Waals surface area contributed by atoms with Crippen molar-refractivity contribution >= 4 is 0 Å². The number of benzene rings is 2. The number of aliphatic hydroxyl groups excluding tert-OH is 1. The van der Waals surface area contributed by atoms with E-state index in [0.29, 0.717) is 0 Å². The highest BCUT2D eigenvalue weighted by molar-refractivity contribution is 5.26. The third-order valence-electron chi connectivity index (χ3n) is 3.51. The second kappa shape index (κ2) is 7.83. The van der Waals surface area contributed by atoms with Gasteiger partial charge >= 0.3 is 0 Å². The molecule has 2 heteroatoms. The Morgan fingerprint density at radius 3 is 2.00 bits per heavy atom. The second-order valence-electron chi connectivity index (χ2n) is 5.05. The first-order chi connectivity index (χ1) is 9.83. The van der Waals surface area contributed by atoms with Gasteiger partial charge in [0.2, 0.25) is 0 Å². The van der Waals surface area contributed by atoms with E-state index in [1.165, 1.54) is 0 Å². The Kier molecular flexibility index (Phi) is 5.78. The van der Waals surface area contributed by atoms with Crippen LogP contribution in [-0.2, 0) is 0 Å². The molecule has 2 aromatic carbocycles. The van der Waals surface area contributed by atoms with Gasteiger partial charge in [0.1, 0.15) is 0 Å². The molecular weight excluding hydrogens is 246 g/mol. The minimum atomic E-state index is -0.532. The summed E-state index contributed by atoms with van der Waals surface area (Å²) in [6, 6.07) is 19.9. The molecule has 0 spiro atoms. The van der Waals surface area contributed by atoms with Gasteiger partial charge in [-0.1, -0.05) is 74.0 Å². The van der Waals surface area contributed by atoms with Gasteiger partial charge < -0.3 is 10.4 Å². The maximum atomic E-state index is 10.7. The fourth-order valence-electron chi connectivity index (χ4n) is 2.35. The lowest BCUT2D eigenvalue weighted by molar-refractivity contribution is 0.128. The van der Waals surface area contributed by atoms with E-state index in [-0.39, 0.29) is 6.04 Å². The lowest BCUT2D eigenvalue weighted by atomic mass is 9.95. The predicted octanol–water partition coefficient (Wildman–Crippen LogP) is 3.85. The summed E-state index contributed by atoms with van der Waals surface area (Å²) >= 11 is 0. The number of hydrogen-bond donors (Lipinski definition) is 2. The van der Waals surface area contributed by atoms with E-state index in [1.807, 2.05) is 48.5 Å².